The lowest BCUT2D eigenvalue weighted by Gasteiger charge is -2.14. The Morgan fingerprint density at radius 1 is 0.944 bits per heavy atom. The summed E-state index contributed by atoms with van der Waals surface area (Å²) in [5, 5.41) is 13.1. The molecule has 0 fully saturated rings. The molecule has 182 valence electrons. The van der Waals surface area contributed by atoms with Crippen molar-refractivity contribution in [3.63, 3.8) is 0 Å². The van der Waals surface area contributed by atoms with Crippen molar-refractivity contribution in [1.29, 1.82) is 0 Å². The zero-order valence-electron chi connectivity index (χ0n) is 18.3. The maximum atomic E-state index is 14.7. The Morgan fingerprint density at radius 3 is 2.28 bits per heavy atom. The second-order valence-electron chi connectivity index (χ2n) is 7.54. The molecule has 3 aromatic carbocycles. The normalized spacial score (nSPS) is 11.4. The number of benzene rings is 3. The lowest BCUT2D eigenvalue weighted by atomic mass is 10.0. The molecular weight excluding hydrogens is 513 g/mol. The van der Waals surface area contributed by atoms with Gasteiger partial charge in [-0.1, -0.05) is 58.7 Å². The zero-order valence-corrected chi connectivity index (χ0v) is 19.8. The minimum absolute atomic E-state index is 0.0217. The molecule has 10 heteroatoms. The van der Waals surface area contributed by atoms with E-state index in [1.807, 2.05) is 30.3 Å². The number of aromatic carboxylic acids is 1. The van der Waals surface area contributed by atoms with Crippen molar-refractivity contribution in [1.82, 2.24) is 4.57 Å². The second-order valence-corrected chi connectivity index (χ2v) is 8.36. The smallest absolute Gasteiger partial charge is 0.335 e. The summed E-state index contributed by atoms with van der Waals surface area (Å²) >= 11 is 12.5. The Labute approximate surface area is 213 Å². The van der Waals surface area contributed by atoms with Crippen molar-refractivity contribution in [3.8, 4) is 5.69 Å². The van der Waals surface area contributed by atoms with Crippen molar-refractivity contribution < 1.29 is 23.5 Å². The van der Waals surface area contributed by atoms with Gasteiger partial charge in [-0.25, -0.2) is 13.6 Å². The van der Waals surface area contributed by atoms with Crippen LogP contribution in [0, 0.1) is 11.6 Å². The number of aromatic nitrogens is 1. The van der Waals surface area contributed by atoms with Gasteiger partial charge in [-0.2, -0.15) is 0 Å². The Bertz CT molecular complexity index is 1520. The Hall–Kier alpha value is -4.01. The van der Waals surface area contributed by atoms with Gasteiger partial charge in [0.25, 0.3) is 5.56 Å². The topological polar surface area (TPSA) is 80.9 Å². The summed E-state index contributed by atoms with van der Waals surface area (Å²) in [6.07, 6.45) is 1.31. The van der Waals surface area contributed by atoms with Gasteiger partial charge in [0, 0.05) is 29.5 Å². The number of carboxylic acid groups (broad SMARTS) is 1. The van der Waals surface area contributed by atoms with Crippen LogP contribution in [0.4, 0.5) is 8.78 Å². The summed E-state index contributed by atoms with van der Waals surface area (Å²) in [5.74, 6) is -2.91. The second kappa shape index (κ2) is 10.7. The van der Waals surface area contributed by atoms with Crippen LogP contribution in [0.5, 0.6) is 0 Å². The first-order valence-corrected chi connectivity index (χ1v) is 11.2. The van der Waals surface area contributed by atoms with E-state index < -0.39 is 23.2 Å². The molecule has 0 radical (unpaired) electrons. The third kappa shape index (κ3) is 5.45. The summed E-state index contributed by atoms with van der Waals surface area (Å²) < 4.78 is 29.4. The number of carbonyl (C=O) groups is 1. The highest BCUT2D eigenvalue weighted by molar-refractivity contribution is 6.38. The van der Waals surface area contributed by atoms with E-state index in [9.17, 15) is 23.5 Å². The van der Waals surface area contributed by atoms with Gasteiger partial charge in [-0.15, -0.1) is 0 Å². The van der Waals surface area contributed by atoms with Crippen molar-refractivity contribution in [2.45, 2.75) is 6.61 Å². The van der Waals surface area contributed by atoms with Gasteiger partial charge in [0.05, 0.1) is 21.3 Å². The predicted molar refractivity (Wildman–Crippen MR) is 132 cm³/mol. The maximum absolute atomic E-state index is 14.7. The van der Waals surface area contributed by atoms with Crippen molar-refractivity contribution >= 4 is 34.9 Å². The molecule has 36 heavy (non-hydrogen) atoms. The quantitative estimate of drug-likeness (QED) is 0.232. The lowest BCUT2D eigenvalue weighted by molar-refractivity contribution is 0.0697. The van der Waals surface area contributed by atoms with Gasteiger partial charge in [0.1, 0.15) is 24.0 Å². The van der Waals surface area contributed by atoms with Crippen LogP contribution in [-0.2, 0) is 11.4 Å². The highest BCUT2D eigenvalue weighted by Gasteiger charge is 2.19. The van der Waals surface area contributed by atoms with E-state index in [2.05, 4.69) is 5.16 Å². The fourth-order valence-electron chi connectivity index (χ4n) is 3.41. The molecule has 0 aliphatic heterocycles. The number of pyridine rings is 1. The van der Waals surface area contributed by atoms with Crippen LogP contribution in [-0.4, -0.2) is 21.4 Å². The minimum atomic E-state index is -1.25. The van der Waals surface area contributed by atoms with Gasteiger partial charge < -0.3 is 9.94 Å². The summed E-state index contributed by atoms with van der Waals surface area (Å²) in [4.78, 5) is 29.5. The molecular formula is C26H16Cl2F2N2O4. The predicted octanol–water partition coefficient (Wildman–Crippen LogP) is 6.09. The van der Waals surface area contributed by atoms with Crippen LogP contribution in [0.25, 0.3) is 5.69 Å². The van der Waals surface area contributed by atoms with E-state index in [0.717, 1.165) is 28.3 Å². The molecule has 0 saturated carbocycles. The Balaban J connectivity index is 1.83. The summed E-state index contributed by atoms with van der Waals surface area (Å²) in [7, 11) is 0. The molecule has 0 aliphatic carbocycles. The molecule has 0 saturated heterocycles. The van der Waals surface area contributed by atoms with Gasteiger partial charge in [0.2, 0.25) is 0 Å². The minimum Gasteiger partial charge on any atom is -0.478 e. The van der Waals surface area contributed by atoms with Gasteiger partial charge in [-0.3, -0.25) is 9.36 Å². The van der Waals surface area contributed by atoms with Crippen molar-refractivity contribution in [2.24, 2.45) is 5.16 Å². The average molecular weight is 529 g/mol. The zero-order chi connectivity index (χ0) is 25.8. The van der Waals surface area contributed by atoms with E-state index >= 15 is 0 Å². The lowest BCUT2D eigenvalue weighted by Crippen LogP contribution is -2.20. The largest absolute Gasteiger partial charge is 0.478 e. The van der Waals surface area contributed by atoms with Crippen LogP contribution in [0.3, 0.4) is 0 Å². The standard InChI is InChI=1S/C26H16Cl2F2N2O4/c27-20-10-17(26(34)35)11-21(28)25(20)32-13-16(6-9-23(32)33)24(19-8-7-18(29)12-22(19)30)31-36-14-15-4-2-1-3-5-15/h1-13H,14H2,(H,34,35). The molecule has 6 nitrogen and oxygen atoms in total. The number of halogens is 4. The van der Waals surface area contributed by atoms with E-state index in [4.69, 9.17) is 28.0 Å². The average Bonchev–Trinajstić information content (AvgIpc) is 2.84. The van der Waals surface area contributed by atoms with Gasteiger partial charge in [-0.05, 0) is 35.9 Å². The number of rotatable bonds is 7. The van der Waals surface area contributed by atoms with E-state index in [1.165, 1.54) is 24.4 Å². The maximum Gasteiger partial charge on any atom is 0.335 e. The first kappa shape index (κ1) is 25.1. The third-order valence-electron chi connectivity index (χ3n) is 5.11. The third-order valence-corrected chi connectivity index (χ3v) is 5.68. The van der Waals surface area contributed by atoms with E-state index in [-0.39, 0.29) is 44.7 Å². The van der Waals surface area contributed by atoms with Gasteiger partial charge in [0.15, 0.2) is 0 Å². The molecule has 0 amide bonds. The van der Waals surface area contributed by atoms with Crippen LogP contribution in [0.1, 0.15) is 27.0 Å². The first-order valence-electron chi connectivity index (χ1n) is 10.4. The van der Waals surface area contributed by atoms with Crippen LogP contribution in [0.15, 0.2) is 88.9 Å². The molecule has 1 aromatic heterocycles. The number of carboxylic acids is 1. The van der Waals surface area contributed by atoms with E-state index in [0.29, 0.717) is 6.07 Å². The SMILES string of the molecule is O=C(O)c1cc(Cl)c(-n2cc(C(=NOCc3ccccc3)c3ccc(F)cc3F)ccc2=O)c(Cl)c1. The molecule has 4 rings (SSSR count). The highest BCUT2D eigenvalue weighted by Crippen LogP contribution is 2.30. The van der Waals surface area contributed by atoms with Crippen molar-refractivity contribution in [3.05, 3.63) is 133 Å². The molecule has 0 aliphatic rings. The number of nitrogens with zero attached hydrogens (tertiary/aromatic N) is 2. The summed E-state index contributed by atoms with van der Waals surface area (Å²) in [5.41, 5.74) is 0.251. The number of hydrogen-bond acceptors (Lipinski definition) is 4. The highest BCUT2D eigenvalue weighted by atomic mass is 35.5. The fraction of sp³-hybridized carbons (Fsp3) is 0.0385. The van der Waals surface area contributed by atoms with E-state index in [1.54, 1.807) is 0 Å². The molecule has 1 heterocycles. The fourth-order valence-corrected chi connectivity index (χ4v) is 4.07. The molecule has 0 atom stereocenters. The molecule has 0 unspecified atom stereocenters. The van der Waals surface area contributed by atoms with Gasteiger partial charge >= 0.3 is 5.97 Å². The number of oxime groups is 1. The molecule has 1 N–H and O–H groups in total. The summed E-state index contributed by atoms with van der Waals surface area (Å²) in [6.45, 7) is 0.0705. The monoisotopic (exact) mass is 528 g/mol. The molecule has 0 spiro atoms. The molecule has 0 bridgehead atoms. The van der Waals surface area contributed by atoms with Crippen molar-refractivity contribution in [2.75, 3.05) is 0 Å². The van der Waals surface area contributed by atoms with Crippen LogP contribution >= 0.6 is 23.2 Å². The van der Waals surface area contributed by atoms with Crippen LogP contribution in [0.2, 0.25) is 10.0 Å². The summed E-state index contributed by atoms with van der Waals surface area (Å²) in [6, 6.07) is 17.0. The molecule has 4 aromatic rings. The first-order chi connectivity index (χ1) is 17.2. The Morgan fingerprint density at radius 2 is 1.64 bits per heavy atom. The van der Waals surface area contributed by atoms with Crippen LogP contribution < -0.4 is 5.56 Å². The number of hydrogen-bond donors (Lipinski definition) is 1. The Kier molecular flexibility index (Phi) is 7.47.